The number of nitrogens with two attached hydrogens (primary N) is 1. The number of benzene rings is 1. The number of rotatable bonds is 4. The zero-order valence-electron chi connectivity index (χ0n) is 12.5. The zero-order chi connectivity index (χ0) is 14.5. The second-order valence-corrected chi connectivity index (χ2v) is 5.70. The van der Waals surface area contributed by atoms with Crippen molar-refractivity contribution in [3.05, 3.63) is 35.9 Å². The number of likely N-dealkylation sites (N-methyl/N-ethyl adjacent to an activating group) is 1. The van der Waals surface area contributed by atoms with Crippen LogP contribution in [0.2, 0.25) is 0 Å². The quantitative estimate of drug-likeness (QED) is 0.908. The summed E-state index contributed by atoms with van der Waals surface area (Å²) < 4.78 is 0. The molecule has 2 rings (SSSR count). The normalized spacial score (nSPS) is 18.8. The lowest BCUT2D eigenvalue weighted by Crippen LogP contribution is -2.45. The van der Waals surface area contributed by atoms with Gasteiger partial charge in [0.05, 0.1) is 12.6 Å². The van der Waals surface area contributed by atoms with E-state index in [1.165, 1.54) is 5.56 Å². The van der Waals surface area contributed by atoms with Crippen molar-refractivity contribution in [2.24, 2.45) is 5.73 Å². The molecule has 1 aliphatic heterocycles. The van der Waals surface area contributed by atoms with Crippen LogP contribution in [-0.2, 0) is 4.79 Å². The molecule has 1 amide bonds. The van der Waals surface area contributed by atoms with Crippen LogP contribution < -0.4 is 5.73 Å². The number of carbonyl (C=O) groups excluding carboxylic acids is 1. The highest BCUT2D eigenvalue weighted by Crippen LogP contribution is 2.18. The molecule has 0 aliphatic carbocycles. The first kappa shape index (κ1) is 15.0. The molecular formula is C16H25N3O. The monoisotopic (exact) mass is 275 g/mol. The van der Waals surface area contributed by atoms with E-state index in [0.717, 1.165) is 25.9 Å². The first-order valence-corrected chi connectivity index (χ1v) is 7.36. The summed E-state index contributed by atoms with van der Waals surface area (Å²) in [6.07, 6.45) is 1.98. The van der Waals surface area contributed by atoms with E-state index in [9.17, 15) is 4.79 Å². The summed E-state index contributed by atoms with van der Waals surface area (Å²) in [5.74, 6) is 0.178. The summed E-state index contributed by atoms with van der Waals surface area (Å²) in [5.41, 5.74) is 7.06. The highest BCUT2D eigenvalue weighted by molar-refractivity contribution is 5.78. The molecule has 1 aromatic carbocycles. The molecular weight excluding hydrogens is 250 g/mol. The van der Waals surface area contributed by atoms with Gasteiger partial charge < -0.3 is 10.6 Å². The van der Waals surface area contributed by atoms with Gasteiger partial charge in [-0.05, 0) is 25.3 Å². The molecule has 1 aliphatic rings. The number of amides is 1. The Labute approximate surface area is 121 Å². The second kappa shape index (κ2) is 6.86. The summed E-state index contributed by atoms with van der Waals surface area (Å²) in [5, 5.41) is 0. The van der Waals surface area contributed by atoms with Crippen molar-refractivity contribution in [2.75, 3.05) is 26.7 Å². The standard InChI is InChI=1S/C16H25N3O/c1-13(14-6-4-3-5-7-14)18(2)16(20)12-19-10-8-15(17)9-11-19/h3-7,13,15H,8-12,17H2,1-2H3. The smallest absolute Gasteiger partial charge is 0.236 e. The maximum Gasteiger partial charge on any atom is 0.236 e. The van der Waals surface area contributed by atoms with Crippen LogP contribution >= 0.6 is 0 Å². The van der Waals surface area contributed by atoms with Crippen molar-refractivity contribution in [1.29, 1.82) is 0 Å². The molecule has 1 heterocycles. The van der Waals surface area contributed by atoms with E-state index in [4.69, 9.17) is 5.73 Å². The van der Waals surface area contributed by atoms with Gasteiger partial charge >= 0.3 is 0 Å². The van der Waals surface area contributed by atoms with E-state index in [1.54, 1.807) is 0 Å². The van der Waals surface area contributed by atoms with Crippen LogP contribution in [0.3, 0.4) is 0 Å². The first-order chi connectivity index (χ1) is 9.58. The van der Waals surface area contributed by atoms with Crippen molar-refractivity contribution in [3.8, 4) is 0 Å². The Kier molecular flexibility index (Phi) is 5.15. The lowest BCUT2D eigenvalue weighted by atomic mass is 10.1. The highest BCUT2D eigenvalue weighted by Gasteiger charge is 2.22. The van der Waals surface area contributed by atoms with Crippen LogP contribution in [0.15, 0.2) is 30.3 Å². The molecule has 0 radical (unpaired) electrons. The fourth-order valence-corrected chi connectivity index (χ4v) is 2.59. The Morgan fingerprint density at radius 2 is 1.95 bits per heavy atom. The van der Waals surface area contributed by atoms with Crippen LogP contribution in [0, 0.1) is 0 Å². The van der Waals surface area contributed by atoms with Gasteiger partial charge in [-0.25, -0.2) is 0 Å². The van der Waals surface area contributed by atoms with Gasteiger partial charge in [0.1, 0.15) is 0 Å². The molecule has 1 atom stereocenters. The van der Waals surface area contributed by atoms with Crippen LogP contribution in [-0.4, -0.2) is 48.4 Å². The number of nitrogens with zero attached hydrogens (tertiary/aromatic N) is 2. The van der Waals surface area contributed by atoms with Crippen molar-refractivity contribution in [3.63, 3.8) is 0 Å². The van der Waals surface area contributed by atoms with E-state index in [1.807, 2.05) is 30.1 Å². The van der Waals surface area contributed by atoms with E-state index < -0.39 is 0 Å². The van der Waals surface area contributed by atoms with Crippen molar-refractivity contribution < 1.29 is 4.79 Å². The number of piperidine rings is 1. The van der Waals surface area contributed by atoms with Crippen LogP contribution in [0.5, 0.6) is 0 Å². The average Bonchev–Trinajstić information content (AvgIpc) is 2.49. The van der Waals surface area contributed by atoms with E-state index >= 15 is 0 Å². The Morgan fingerprint density at radius 3 is 2.55 bits per heavy atom. The Morgan fingerprint density at radius 1 is 1.35 bits per heavy atom. The van der Waals surface area contributed by atoms with Gasteiger partial charge in [0.2, 0.25) is 5.91 Å². The molecule has 1 aromatic rings. The number of likely N-dealkylation sites (tertiary alicyclic amines) is 1. The number of hydrogen-bond acceptors (Lipinski definition) is 3. The van der Waals surface area contributed by atoms with Crippen LogP contribution in [0.1, 0.15) is 31.4 Å². The largest absolute Gasteiger partial charge is 0.338 e. The van der Waals surface area contributed by atoms with Gasteiger partial charge in [-0.2, -0.15) is 0 Å². The molecule has 0 saturated carbocycles. The molecule has 4 nitrogen and oxygen atoms in total. The minimum atomic E-state index is 0.107. The fourth-order valence-electron chi connectivity index (χ4n) is 2.59. The minimum absolute atomic E-state index is 0.107. The lowest BCUT2D eigenvalue weighted by Gasteiger charge is -2.32. The third-order valence-corrected chi connectivity index (χ3v) is 4.25. The average molecular weight is 275 g/mol. The molecule has 1 unspecified atom stereocenters. The van der Waals surface area contributed by atoms with Crippen LogP contribution in [0.25, 0.3) is 0 Å². The van der Waals surface area contributed by atoms with E-state index in [-0.39, 0.29) is 11.9 Å². The minimum Gasteiger partial charge on any atom is -0.338 e. The van der Waals surface area contributed by atoms with Gasteiger partial charge in [-0.1, -0.05) is 30.3 Å². The molecule has 110 valence electrons. The molecule has 1 fully saturated rings. The molecule has 2 N–H and O–H groups in total. The summed E-state index contributed by atoms with van der Waals surface area (Å²) >= 11 is 0. The summed E-state index contributed by atoms with van der Waals surface area (Å²) in [6, 6.07) is 10.6. The molecule has 0 spiro atoms. The Hall–Kier alpha value is -1.39. The van der Waals surface area contributed by atoms with Crippen LogP contribution in [0.4, 0.5) is 0 Å². The maximum atomic E-state index is 12.4. The topological polar surface area (TPSA) is 49.6 Å². The number of hydrogen-bond donors (Lipinski definition) is 1. The predicted molar refractivity (Wildman–Crippen MR) is 81.3 cm³/mol. The summed E-state index contributed by atoms with van der Waals surface area (Å²) in [4.78, 5) is 16.4. The molecule has 0 bridgehead atoms. The molecule has 20 heavy (non-hydrogen) atoms. The van der Waals surface area contributed by atoms with E-state index in [0.29, 0.717) is 12.6 Å². The van der Waals surface area contributed by atoms with Crippen molar-refractivity contribution in [1.82, 2.24) is 9.80 Å². The molecule has 0 aromatic heterocycles. The first-order valence-electron chi connectivity index (χ1n) is 7.36. The predicted octanol–water partition coefficient (Wildman–Crippen LogP) is 1.63. The lowest BCUT2D eigenvalue weighted by molar-refractivity contribution is -0.133. The summed E-state index contributed by atoms with van der Waals surface area (Å²) in [6.45, 7) is 4.43. The Bertz CT molecular complexity index is 427. The Balaban J connectivity index is 1.88. The zero-order valence-corrected chi connectivity index (χ0v) is 12.5. The third-order valence-electron chi connectivity index (χ3n) is 4.25. The van der Waals surface area contributed by atoms with Crippen molar-refractivity contribution >= 4 is 5.91 Å². The van der Waals surface area contributed by atoms with Gasteiger partial charge in [-0.15, -0.1) is 0 Å². The molecule has 1 saturated heterocycles. The fraction of sp³-hybridized carbons (Fsp3) is 0.562. The van der Waals surface area contributed by atoms with Gasteiger partial charge in [0.15, 0.2) is 0 Å². The van der Waals surface area contributed by atoms with Gasteiger partial charge in [0.25, 0.3) is 0 Å². The third kappa shape index (κ3) is 3.81. The second-order valence-electron chi connectivity index (χ2n) is 5.70. The van der Waals surface area contributed by atoms with Gasteiger partial charge in [0, 0.05) is 26.2 Å². The molecule has 4 heteroatoms. The van der Waals surface area contributed by atoms with Crippen molar-refractivity contribution in [2.45, 2.75) is 31.8 Å². The van der Waals surface area contributed by atoms with E-state index in [2.05, 4.69) is 24.0 Å². The van der Waals surface area contributed by atoms with Gasteiger partial charge in [-0.3, -0.25) is 9.69 Å². The maximum absolute atomic E-state index is 12.4. The highest BCUT2D eigenvalue weighted by atomic mass is 16.2. The number of carbonyl (C=O) groups is 1. The SMILES string of the molecule is CC(c1ccccc1)N(C)C(=O)CN1CCC(N)CC1. The summed E-state index contributed by atoms with van der Waals surface area (Å²) in [7, 11) is 1.88.